The molecular formula is C51H82O22. The first-order chi connectivity index (χ1) is 34.6. The van der Waals surface area contributed by atoms with Gasteiger partial charge >= 0.3 is 0 Å². The summed E-state index contributed by atoms with van der Waals surface area (Å²) in [6.07, 6.45) is -20.8. The van der Waals surface area contributed by atoms with Crippen molar-refractivity contribution in [3.8, 4) is 0 Å². The first kappa shape index (κ1) is 56.2. The molecule has 4 saturated heterocycles. The lowest BCUT2D eigenvalue weighted by molar-refractivity contribution is -0.394. The van der Waals surface area contributed by atoms with Gasteiger partial charge in [0.2, 0.25) is 0 Å². The maximum absolute atomic E-state index is 11.6. The number of ether oxygens (including phenoxy) is 9. The molecule has 0 radical (unpaired) electrons. The van der Waals surface area contributed by atoms with E-state index in [1.807, 2.05) is 6.92 Å². The minimum absolute atomic E-state index is 0.0500. The van der Waals surface area contributed by atoms with Crippen LogP contribution in [0.1, 0.15) is 92.4 Å². The number of rotatable bonds is 15. The highest BCUT2D eigenvalue weighted by atomic mass is 16.8. The molecule has 0 aromatic rings. The Morgan fingerprint density at radius 1 is 0.644 bits per heavy atom. The van der Waals surface area contributed by atoms with Crippen molar-refractivity contribution in [3.05, 3.63) is 23.0 Å². The second-order valence-electron chi connectivity index (χ2n) is 23.3. The normalized spacial score (nSPS) is 52.4. The van der Waals surface area contributed by atoms with Crippen molar-refractivity contribution in [3.63, 3.8) is 0 Å². The third kappa shape index (κ3) is 10.2. The minimum Gasteiger partial charge on any atom is -0.494 e. The Kier molecular flexibility index (Phi) is 17.2. The monoisotopic (exact) mass is 1050 g/mol. The molecule has 4 aliphatic carbocycles. The van der Waals surface area contributed by atoms with Crippen LogP contribution in [0.3, 0.4) is 0 Å². The summed E-state index contributed by atoms with van der Waals surface area (Å²) >= 11 is 0. The third-order valence-corrected chi connectivity index (χ3v) is 18.9. The largest absolute Gasteiger partial charge is 0.494 e. The average Bonchev–Trinajstić information content (AvgIpc) is 3.86. The van der Waals surface area contributed by atoms with E-state index in [1.165, 1.54) is 18.1 Å². The van der Waals surface area contributed by atoms with Crippen LogP contribution in [-0.2, 0) is 42.6 Å². The van der Waals surface area contributed by atoms with Gasteiger partial charge in [-0.15, -0.1) is 0 Å². The Balaban J connectivity index is 0.867. The van der Waals surface area contributed by atoms with Crippen molar-refractivity contribution in [2.24, 2.45) is 40.4 Å². The second-order valence-corrected chi connectivity index (χ2v) is 23.3. The molecule has 5 aliphatic heterocycles. The highest BCUT2D eigenvalue weighted by Gasteiger charge is 2.64. The van der Waals surface area contributed by atoms with Gasteiger partial charge < -0.3 is 109 Å². The predicted molar refractivity (Wildman–Crippen MR) is 249 cm³/mol. The van der Waals surface area contributed by atoms with Crippen LogP contribution < -0.4 is 0 Å². The molecule has 0 amide bonds. The number of hydrogen-bond donors (Lipinski definition) is 13. The van der Waals surface area contributed by atoms with E-state index >= 15 is 0 Å². The topological polar surface area (TPSA) is 346 Å². The van der Waals surface area contributed by atoms with Gasteiger partial charge in [0.15, 0.2) is 25.2 Å². The number of allylic oxidation sites excluding steroid dienone is 2. The van der Waals surface area contributed by atoms with E-state index in [1.54, 1.807) is 0 Å². The fraction of sp³-hybridized carbons (Fsp3) is 0.922. The minimum atomic E-state index is -1.87. The highest BCUT2D eigenvalue weighted by molar-refractivity contribution is 5.30. The van der Waals surface area contributed by atoms with Gasteiger partial charge in [-0.1, -0.05) is 32.4 Å². The van der Waals surface area contributed by atoms with Gasteiger partial charge in [0.25, 0.3) is 0 Å². The molecule has 73 heavy (non-hydrogen) atoms. The van der Waals surface area contributed by atoms with E-state index in [-0.39, 0.29) is 29.5 Å². The zero-order chi connectivity index (χ0) is 52.6. The summed E-state index contributed by atoms with van der Waals surface area (Å²) in [4.78, 5) is 0. The summed E-state index contributed by atoms with van der Waals surface area (Å²) in [5, 5.41) is 136. The van der Waals surface area contributed by atoms with Gasteiger partial charge in [-0.05, 0) is 105 Å². The van der Waals surface area contributed by atoms with Crippen molar-refractivity contribution in [1.82, 2.24) is 0 Å². The SMILES string of the molecule is CC1=C(CC[C@H](C)CO[C@@H]2O[C@H](CO)[C@@H](O)[C@H](O)[C@H]2O)O[C@H]2C[C@H]3[C@@H]4CC=C5C[C@@H](O[C@@H]6O[C@H](CO)[C@@H](O)[C@H](O[C@@H]7O[C@H](CO)[C@@H](O)[C@H](O)[C@H]7O)[C@H]6O[C@@H]6O[C@@H](C)[C@H](O)[C@@H](O)[C@H]6O)CC[C@]5(C)[C@H]4CC[C@]3(C)[C@@H]12. The van der Waals surface area contributed by atoms with Crippen molar-refractivity contribution in [2.75, 3.05) is 26.4 Å². The quantitative estimate of drug-likeness (QED) is 0.0785. The van der Waals surface area contributed by atoms with Gasteiger partial charge in [0, 0.05) is 12.3 Å². The zero-order valence-corrected chi connectivity index (χ0v) is 42.3. The van der Waals surface area contributed by atoms with E-state index in [2.05, 4.69) is 26.8 Å². The molecule has 3 saturated carbocycles. The van der Waals surface area contributed by atoms with Gasteiger partial charge in [-0.2, -0.15) is 0 Å². The highest BCUT2D eigenvalue weighted by Crippen LogP contribution is 2.69. The smallest absolute Gasteiger partial charge is 0.187 e. The Morgan fingerprint density at radius 2 is 1.22 bits per heavy atom. The number of aliphatic hydroxyl groups excluding tert-OH is 13. The molecule has 0 spiro atoms. The first-order valence-corrected chi connectivity index (χ1v) is 26.5. The van der Waals surface area contributed by atoms with Gasteiger partial charge in [-0.25, -0.2) is 0 Å². The number of aliphatic hydroxyl groups is 13. The van der Waals surface area contributed by atoms with Gasteiger partial charge in [0.1, 0.15) is 97.7 Å². The molecule has 0 unspecified atom stereocenters. The standard InChI is InChI=1S/C51H82O22/c1-20(19-65-46-41(62)39(60)35(56)30(16-52)69-46)6-9-28-21(2)33-29(68-28)15-27-25-8-7-23-14-24(10-12-50(23,4)26(25)11-13-51(27,33)5)67-49-45(73-47-42(63)38(59)34(55)22(3)66-47)44(37(58)32(18-54)71-49)72-48-43(64)40(61)36(57)31(17-53)70-48/h7,20,22,24-27,29-49,52-64H,6,8-19H2,1-5H3/t20-,22-,24-,25+,26-,27-,29-,30+,31+,32+,33-,34-,35+,36+,37+,38+,39-,40-,41+,42+,43+,44-,45+,46+,47-,48-,49+,50-,51-/m0/s1. The van der Waals surface area contributed by atoms with E-state index in [0.29, 0.717) is 36.5 Å². The van der Waals surface area contributed by atoms with Crippen LogP contribution in [0.5, 0.6) is 0 Å². The molecule has 0 aromatic heterocycles. The summed E-state index contributed by atoms with van der Waals surface area (Å²) in [6, 6.07) is 0. The third-order valence-electron chi connectivity index (χ3n) is 18.9. The van der Waals surface area contributed by atoms with E-state index < -0.39 is 149 Å². The van der Waals surface area contributed by atoms with Crippen molar-refractivity contribution in [1.29, 1.82) is 0 Å². The van der Waals surface area contributed by atoms with Crippen LogP contribution in [0.25, 0.3) is 0 Å². The van der Waals surface area contributed by atoms with Crippen LogP contribution in [0.15, 0.2) is 23.0 Å². The van der Waals surface area contributed by atoms with Crippen LogP contribution in [-0.4, -0.2) is 228 Å². The van der Waals surface area contributed by atoms with Crippen molar-refractivity contribution >= 4 is 0 Å². The fourth-order valence-electron chi connectivity index (χ4n) is 14.5. The maximum atomic E-state index is 11.6. The lowest BCUT2D eigenvalue weighted by Crippen LogP contribution is -2.67. The molecule has 5 heterocycles. The molecule has 7 fully saturated rings. The average molecular weight is 1050 g/mol. The van der Waals surface area contributed by atoms with Crippen molar-refractivity contribution < 1.29 is 109 Å². The number of fused-ring (bicyclic) bond motifs is 7. The Morgan fingerprint density at radius 3 is 1.88 bits per heavy atom. The van der Waals surface area contributed by atoms with E-state index in [4.69, 9.17) is 42.6 Å². The van der Waals surface area contributed by atoms with Crippen LogP contribution in [0.4, 0.5) is 0 Å². The van der Waals surface area contributed by atoms with Crippen LogP contribution in [0.2, 0.25) is 0 Å². The summed E-state index contributed by atoms with van der Waals surface area (Å²) in [5.41, 5.74) is 2.50. The first-order valence-electron chi connectivity index (χ1n) is 26.5. The molecule has 13 N–H and O–H groups in total. The van der Waals surface area contributed by atoms with Gasteiger partial charge in [-0.3, -0.25) is 0 Å². The molecule has 0 aromatic carbocycles. The molecule has 9 aliphatic rings. The fourth-order valence-corrected chi connectivity index (χ4v) is 14.5. The summed E-state index contributed by atoms with van der Waals surface area (Å²) in [6.45, 7) is 8.79. The summed E-state index contributed by atoms with van der Waals surface area (Å²) < 4.78 is 55.0. The summed E-state index contributed by atoms with van der Waals surface area (Å²) in [5.74, 6) is 2.70. The molecule has 9 rings (SSSR count). The Bertz CT molecular complexity index is 1940. The lowest BCUT2D eigenvalue weighted by Gasteiger charge is -2.58. The molecular weight excluding hydrogens is 965 g/mol. The van der Waals surface area contributed by atoms with E-state index in [9.17, 15) is 66.4 Å². The van der Waals surface area contributed by atoms with Crippen LogP contribution >= 0.6 is 0 Å². The number of hydrogen-bond acceptors (Lipinski definition) is 22. The lowest BCUT2D eigenvalue weighted by atomic mass is 9.47. The van der Waals surface area contributed by atoms with Crippen molar-refractivity contribution in [2.45, 2.75) is 227 Å². The summed E-state index contributed by atoms with van der Waals surface area (Å²) in [7, 11) is 0. The molecule has 418 valence electrons. The van der Waals surface area contributed by atoms with Gasteiger partial charge in [0.05, 0.1) is 44.4 Å². The maximum Gasteiger partial charge on any atom is 0.187 e. The Labute approximate surface area is 425 Å². The molecule has 0 bridgehead atoms. The predicted octanol–water partition coefficient (Wildman–Crippen LogP) is -2.06. The van der Waals surface area contributed by atoms with Crippen LogP contribution in [0, 0.1) is 40.4 Å². The molecule has 29 atom stereocenters. The molecule has 22 nitrogen and oxygen atoms in total. The van der Waals surface area contributed by atoms with E-state index in [0.717, 1.165) is 50.7 Å². The molecule has 22 heteroatoms. The second kappa shape index (κ2) is 22.3. The Hall–Kier alpha value is -1.56. The zero-order valence-electron chi connectivity index (χ0n) is 42.3.